The van der Waals surface area contributed by atoms with Crippen LogP contribution in [-0.4, -0.2) is 40.5 Å². The SMILES string of the molecule is CCCN1CCC(Nc2nc(N)cc(Br)n2)CC1. The van der Waals surface area contributed by atoms with Gasteiger partial charge in [0.2, 0.25) is 5.95 Å². The average Bonchev–Trinajstić information content (AvgIpc) is 2.31. The highest BCUT2D eigenvalue weighted by molar-refractivity contribution is 9.10. The van der Waals surface area contributed by atoms with Gasteiger partial charge in [-0.2, -0.15) is 4.98 Å². The van der Waals surface area contributed by atoms with Crippen LogP contribution in [0.4, 0.5) is 11.8 Å². The molecule has 0 spiro atoms. The molecule has 3 N–H and O–H groups in total. The topological polar surface area (TPSA) is 67.1 Å². The molecule has 1 aromatic heterocycles. The zero-order chi connectivity index (χ0) is 13.0. The minimum absolute atomic E-state index is 0.451. The van der Waals surface area contributed by atoms with Crippen molar-refractivity contribution >= 4 is 27.7 Å². The Morgan fingerprint density at radius 1 is 1.44 bits per heavy atom. The molecule has 0 aromatic carbocycles. The van der Waals surface area contributed by atoms with E-state index in [1.807, 2.05) is 0 Å². The number of likely N-dealkylation sites (tertiary alicyclic amines) is 1. The molecule has 1 aliphatic heterocycles. The maximum atomic E-state index is 5.70. The number of piperidine rings is 1. The first-order chi connectivity index (χ1) is 8.67. The number of rotatable bonds is 4. The third kappa shape index (κ3) is 3.81. The van der Waals surface area contributed by atoms with Crippen LogP contribution < -0.4 is 11.1 Å². The fourth-order valence-electron chi connectivity index (χ4n) is 2.30. The Bertz CT molecular complexity index is 370. The van der Waals surface area contributed by atoms with Gasteiger partial charge in [-0.1, -0.05) is 6.92 Å². The lowest BCUT2D eigenvalue weighted by atomic mass is 10.1. The number of hydrogen-bond acceptors (Lipinski definition) is 5. The summed E-state index contributed by atoms with van der Waals surface area (Å²) < 4.78 is 0.723. The van der Waals surface area contributed by atoms with Crippen molar-refractivity contribution in [3.05, 3.63) is 10.7 Å². The molecule has 2 heterocycles. The summed E-state index contributed by atoms with van der Waals surface area (Å²) in [5, 5.41) is 3.37. The first kappa shape index (κ1) is 13.5. The van der Waals surface area contributed by atoms with Crippen LogP contribution in [0.3, 0.4) is 0 Å². The number of aromatic nitrogens is 2. The largest absolute Gasteiger partial charge is 0.383 e. The molecule has 0 unspecified atom stereocenters. The van der Waals surface area contributed by atoms with E-state index in [0.717, 1.165) is 30.5 Å². The Morgan fingerprint density at radius 2 is 2.17 bits per heavy atom. The molecule has 5 nitrogen and oxygen atoms in total. The second-order valence-electron chi connectivity index (χ2n) is 4.70. The van der Waals surface area contributed by atoms with Crippen LogP contribution >= 0.6 is 15.9 Å². The predicted molar refractivity (Wildman–Crippen MR) is 77.5 cm³/mol. The maximum absolute atomic E-state index is 5.70. The maximum Gasteiger partial charge on any atom is 0.225 e. The molecule has 2 rings (SSSR count). The van der Waals surface area contributed by atoms with Crippen molar-refractivity contribution < 1.29 is 0 Å². The number of nitrogens with one attached hydrogen (secondary N) is 1. The summed E-state index contributed by atoms with van der Waals surface area (Å²) in [6.07, 6.45) is 3.49. The molecule has 1 fully saturated rings. The predicted octanol–water partition coefficient (Wildman–Crippen LogP) is 2.11. The molecule has 1 aromatic rings. The standard InChI is InChI=1S/C12H20BrN5/c1-2-5-18-6-3-9(4-7-18)15-12-16-10(13)8-11(14)17-12/h8-9H,2-7H2,1H3,(H3,14,15,16,17). The van der Waals surface area contributed by atoms with E-state index in [9.17, 15) is 0 Å². The summed E-state index contributed by atoms with van der Waals surface area (Å²) >= 11 is 3.33. The second-order valence-corrected chi connectivity index (χ2v) is 5.51. The number of nitrogens with two attached hydrogens (primary N) is 1. The van der Waals surface area contributed by atoms with E-state index in [4.69, 9.17) is 5.73 Å². The summed E-state index contributed by atoms with van der Waals surface area (Å²) in [5.41, 5.74) is 5.70. The molecule has 0 aliphatic carbocycles. The highest BCUT2D eigenvalue weighted by atomic mass is 79.9. The number of anilines is 2. The van der Waals surface area contributed by atoms with Crippen molar-refractivity contribution in [1.29, 1.82) is 0 Å². The molecular formula is C12H20BrN5. The fraction of sp³-hybridized carbons (Fsp3) is 0.667. The van der Waals surface area contributed by atoms with Crippen LogP contribution in [0, 0.1) is 0 Å². The van der Waals surface area contributed by atoms with Gasteiger partial charge in [-0.25, -0.2) is 4.98 Å². The van der Waals surface area contributed by atoms with Gasteiger partial charge in [-0.3, -0.25) is 0 Å². The van der Waals surface area contributed by atoms with Crippen molar-refractivity contribution in [2.24, 2.45) is 0 Å². The smallest absolute Gasteiger partial charge is 0.225 e. The Kier molecular flexibility index (Phi) is 4.77. The molecular weight excluding hydrogens is 294 g/mol. The van der Waals surface area contributed by atoms with E-state index in [1.165, 1.54) is 13.0 Å². The van der Waals surface area contributed by atoms with Gasteiger partial charge in [0.1, 0.15) is 10.4 Å². The molecule has 0 atom stereocenters. The summed E-state index contributed by atoms with van der Waals surface area (Å²) in [6, 6.07) is 2.15. The van der Waals surface area contributed by atoms with E-state index >= 15 is 0 Å². The van der Waals surface area contributed by atoms with Crippen LogP contribution in [0.5, 0.6) is 0 Å². The van der Waals surface area contributed by atoms with E-state index in [1.54, 1.807) is 6.07 Å². The molecule has 0 saturated carbocycles. The Morgan fingerprint density at radius 3 is 2.78 bits per heavy atom. The van der Waals surface area contributed by atoms with E-state index in [-0.39, 0.29) is 0 Å². The molecule has 1 saturated heterocycles. The van der Waals surface area contributed by atoms with Gasteiger partial charge in [0.05, 0.1) is 0 Å². The zero-order valence-electron chi connectivity index (χ0n) is 10.7. The van der Waals surface area contributed by atoms with Gasteiger partial charge in [-0.05, 0) is 41.7 Å². The third-order valence-corrected chi connectivity index (χ3v) is 3.58. The molecule has 0 bridgehead atoms. The monoisotopic (exact) mass is 313 g/mol. The van der Waals surface area contributed by atoms with Crippen LogP contribution in [0.1, 0.15) is 26.2 Å². The lowest BCUT2D eigenvalue weighted by molar-refractivity contribution is 0.219. The van der Waals surface area contributed by atoms with Crippen LogP contribution in [0.2, 0.25) is 0 Å². The van der Waals surface area contributed by atoms with Crippen molar-refractivity contribution in [3.8, 4) is 0 Å². The van der Waals surface area contributed by atoms with Gasteiger partial charge >= 0.3 is 0 Å². The van der Waals surface area contributed by atoms with Crippen molar-refractivity contribution in [2.75, 3.05) is 30.7 Å². The number of halogens is 1. The number of nitrogen functional groups attached to an aromatic ring is 1. The highest BCUT2D eigenvalue weighted by Crippen LogP contribution is 2.17. The lowest BCUT2D eigenvalue weighted by Crippen LogP contribution is -2.39. The van der Waals surface area contributed by atoms with E-state index in [2.05, 4.69) is 43.0 Å². The minimum Gasteiger partial charge on any atom is -0.383 e. The summed E-state index contributed by atoms with van der Waals surface area (Å²) in [6.45, 7) is 5.72. The van der Waals surface area contributed by atoms with Crippen molar-refractivity contribution in [2.45, 2.75) is 32.2 Å². The van der Waals surface area contributed by atoms with Gasteiger partial charge in [0.25, 0.3) is 0 Å². The molecule has 100 valence electrons. The molecule has 1 aliphatic rings. The Balaban J connectivity index is 1.87. The van der Waals surface area contributed by atoms with Gasteiger partial charge in [0.15, 0.2) is 0 Å². The number of hydrogen-bond donors (Lipinski definition) is 2. The van der Waals surface area contributed by atoms with Gasteiger partial charge in [0, 0.05) is 25.2 Å². The Labute approximate surface area is 116 Å². The van der Waals surface area contributed by atoms with Crippen molar-refractivity contribution in [1.82, 2.24) is 14.9 Å². The summed E-state index contributed by atoms with van der Waals surface area (Å²) in [5.74, 6) is 1.11. The van der Waals surface area contributed by atoms with E-state index in [0.29, 0.717) is 17.8 Å². The lowest BCUT2D eigenvalue weighted by Gasteiger charge is -2.32. The summed E-state index contributed by atoms with van der Waals surface area (Å²) in [4.78, 5) is 11.0. The van der Waals surface area contributed by atoms with Gasteiger partial charge < -0.3 is 16.0 Å². The first-order valence-electron chi connectivity index (χ1n) is 6.46. The quantitative estimate of drug-likeness (QED) is 0.833. The van der Waals surface area contributed by atoms with Crippen molar-refractivity contribution in [3.63, 3.8) is 0 Å². The van der Waals surface area contributed by atoms with Crippen LogP contribution in [-0.2, 0) is 0 Å². The van der Waals surface area contributed by atoms with E-state index < -0.39 is 0 Å². The molecule has 0 radical (unpaired) electrons. The fourth-order valence-corrected chi connectivity index (χ4v) is 2.70. The molecule has 6 heteroatoms. The molecule has 0 amide bonds. The third-order valence-electron chi connectivity index (χ3n) is 3.18. The zero-order valence-corrected chi connectivity index (χ0v) is 12.3. The second kappa shape index (κ2) is 6.33. The normalized spacial score (nSPS) is 17.9. The first-order valence-corrected chi connectivity index (χ1v) is 7.25. The Hall–Kier alpha value is -0.880. The minimum atomic E-state index is 0.451. The highest BCUT2D eigenvalue weighted by Gasteiger charge is 2.19. The number of nitrogens with zero attached hydrogens (tertiary/aromatic N) is 3. The van der Waals surface area contributed by atoms with Crippen LogP contribution in [0.25, 0.3) is 0 Å². The van der Waals surface area contributed by atoms with Gasteiger partial charge in [-0.15, -0.1) is 0 Å². The molecule has 18 heavy (non-hydrogen) atoms. The average molecular weight is 314 g/mol. The van der Waals surface area contributed by atoms with Crippen LogP contribution in [0.15, 0.2) is 10.7 Å². The summed E-state index contributed by atoms with van der Waals surface area (Å²) in [7, 11) is 0.